The monoisotopic (exact) mass is 664 g/mol. The molecule has 2 atom stereocenters. The van der Waals surface area contributed by atoms with Crippen LogP contribution in [-0.4, -0.2) is 120 Å². The number of nitrogens with one attached hydrogen (secondary N) is 1. The normalized spacial score (nSPS) is 19.8. The van der Waals surface area contributed by atoms with Gasteiger partial charge in [-0.3, -0.25) is 9.69 Å². The maximum Gasteiger partial charge on any atom is 0.273 e. The molecule has 0 spiro atoms. The number of likely N-dealkylation sites (tertiary alicyclic amines) is 1. The van der Waals surface area contributed by atoms with Crippen molar-refractivity contribution in [3.63, 3.8) is 0 Å². The molecule has 2 aromatic heterocycles. The van der Waals surface area contributed by atoms with Gasteiger partial charge in [0.2, 0.25) is 11.8 Å². The molecule has 6 rings (SSSR count). The summed E-state index contributed by atoms with van der Waals surface area (Å²) < 4.78 is 42.6. The number of methoxy groups -OCH3 is 1. The van der Waals surface area contributed by atoms with E-state index in [1.54, 1.807) is 37.6 Å². The fourth-order valence-corrected chi connectivity index (χ4v) is 6.28. The Morgan fingerprint density at radius 1 is 1.12 bits per heavy atom. The van der Waals surface area contributed by atoms with Crippen LogP contribution in [0.15, 0.2) is 42.6 Å². The molecule has 0 aliphatic carbocycles. The highest BCUT2D eigenvalue weighted by atomic mass is 19.3. The molecular weight excluding hydrogens is 626 g/mol. The molecule has 13 nitrogen and oxygen atoms in total. The topological polar surface area (TPSA) is 149 Å². The standard InChI is InChI=1S/C33H38F2N8O5/c1-20-17-42(13-14-43(20)23-18-47-19-23)26-4-6-28(39-31(26)46-2)40-33-37-10-7-25(38-33)21-3-5-27(22(15-21)16-36)48-24-8-11-41(12-9-24)32(45)29(44)30(34)35/h3-7,10,15,20,23-24,29-30,44H,8-9,11-14,17-19H2,1-2H3,(H,37,38,39,40)/t20-,29-/m1/s1. The lowest BCUT2D eigenvalue weighted by molar-refractivity contribution is -0.150. The molecule has 2 N–H and O–H groups in total. The highest BCUT2D eigenvalue weighted by molar-refractivity contribution is 5.81. The maximum absolute atomic E-state index is 12.7. The van der Waals surface area contributed by atoms with E-state index in [1.165, 1.54) is 4.90 Å². The second-order valence-corrected chi connectivity index (χ2v) is 12.1. The van der Waals surface area contributed by atoms with Gasteiger partial charge in [-0.2, -0.15) is 10.2 Å². The Bertz CT molecular complexity index is 1650. The molecule has 15 heteroatoms. The number of ether oxygens (including phenoxy) is 3. The van der Waals surface area contributed by atoms with Crippen LogP contribution in [0.25, 0.3) is 11.3 Å². The summed E-state index contributed by atoms with van der Waals surface area (Å²) in [7, 11) is 1.60. The summed E-state index contributed by atoms with van der Waals surface area (Å²) in [4.78, 5) is 31.7. The molecule has 254 valence electrons. The smallest absolute Gasteiger partial charge is 0.273 e. The third kappa shape index (κ3) is 7.25. The van der Waals surface area contributed by atoms with E-state index in [-0.39, 0.29) is 19.2 Å². The summed E-state index contributed by atoms with van der Waals surface area (Å²) in [5.74, 6) is 0.715. The molecular formula is C33H38F2N8O5. The number of aliphatic hydroxyl groups is 1. The number of aromatic nitrogens is 3. The minimum absolute atomic E-state index is 0.167. The van der Waals surface area contributed by atoms with Gasteiger partial charge in [0.1, 0.15) is 29.4 Å². The summed E-state index contributed by atoms with van der Waals surface area (Å²) in [6, 6.07) is 13.8. The van der Waals surface area contributed by atoms with E-state index < -0.39 is 18.4 Å². The average molecular weight is 665 g/mol. The highest BCUT2D eigenvalue weighted by Gasteiger charge is 2.35. The van der Waals surface area contributed by atoms with Crippen LogP contribution >= 0.6 is 0 Å². The van der Waals surface area contributed by atoms with Crippen molar-refractivity contribution in [1.29, 1.82) is 5.26 Å². The number of nitrogens with zero attached hydrogens (tertiary/aromatic N) is 7. The van der Waals surface area contributed by atoms with Crippen LogP contribution in [0.1, 0.15) is 25.3 Å². The number of benzene rings is 1. The Balaban J connectivity index is 1.09. The van der Waals surface area contributed by atoms with Gasteiger partial charge in [-0.25, -0.2) is 18.7 Å². The van der Waals surface area contributed by atoms with Crippen molar-refractivity contribution in [1.82, 2.24) is 24.8 Å². The second-order valence-electron chi connectivity index (χ2n) is 12.1. The summed E-state index contributed by atoms with van der Waals surface area (Å²) in [6.45, 7) is 6.82. The van der Waals surface area contributed by atoms with Crippen molar-refractivity contribution in [3.05, 3.63) is 48.2 Å². The van der Waals surface area contributed by atoms with Gasteiger partial charge in [0, 0.05) is 63.4 Å². The zero-order chi connectivity index (χ0) is 33.8. The third-order valence-electron chi connectivity index (χ3n) is 8.97. The van der Waals surface area contributed by atoms with Gasteiger partial charge in [-0.15, -0.1) is 0 Å². The number of carbonyl (C=O) groups excluding carboxylic acids is 1. The molecule has 3 fully saturated rings. The lowest BCUT2D eigenvalue weighted by Crippen LogP contribution is -2.60. The molecule has 3 aliphatic heterocycles. The Hall–Kier alpha value is -4.65. The fourth-order valence-electron chi connectivity index (χ4n) is 6.28. The van der Waals surface area contributed by atoms with E-state index in [1.807, 2.05) is 12.1 Å². The van der Waals surface area contributed by atoms with Gasteiger partial charge in [0.05, 0.1) is 37.6 Å². The number of aliphatic hydroxyl groups excluding tert-OH is 1. The van der Waals surface area contributed by atoms with E-state index in [9.17, 15) is 23.9 Å². The van der Waals surface area contributed by atoms with E-state index >= 15 is 0 Å². The van der Waals surface area contributed by atoms with Crippen molar-refractivity contribution in [2.24, 2.45) is 0 Å². The van der Waals surface area contributed by atoms with Crippen LogP contribution in [0, 0.1) is 11.3 Å². The van der Waals surface area contributed by atoms with Crippen molar-refractivity contribution in [3.8, 4) is 29.0 Å². The van der Waals surface area contributed by atoms with Gasteiger partial charge in [0.25, 0.3) is 12.3 Å². The lowest BCUT2D eigenvalue weighted by Gasteiger charge is -2.47. The first-order valence-electron chi connectivity index (χ1n) is 15.9. The van der Waals surface area contributed by atoms with E-state index in [0.717, 1.165) is 38.5 Å². The first kappa shape index (κ1) is 33.3. The minimum Gasteiger partial charge on any atom is -0.489 e. The first-order valence-corrected chi connectivity index (χ1v) is 15.9. The first-order chi connectivity index (χ1) is 23.2. The quantitative estimate of drug-likeness (QED) is 0.328. The van der Waals surface area contributed by atoms with Gasteiger partial charge in [-0.1, -0.05) is 0 Å². The molecule has 1 aromatic carbocycles. The molecule has 0 unspecified atom stereocenters. The van der Waals surface area contributed by atoms with E-state index in [2.05, 4.69) is 43.1 Å². The number of rotatable bonds is 10. The SMILES string of the molecule is COc1nc(Nc2nccc(-c3ccc(OC4CCN(C(=O)[C@H](O)C(F)F)CC4)c(C#N)c3)n2)ccc1N1CCN(C2COC2)[C@H](C)C1. The Kier molecular flexibility index (Phi) is 10.1. The van der Waals surface area contributed by atoms with Crippen LogP contribution in [0.4, 0.5) is 26.2 Å². The molecule has 0 radical (unpaired) electrons. The van der Waals surface area contributed by atoms with Crippen LogP contribution in [0.5, 0.6) is 11.6 Å². The highest BCUT2D eigenvalue weighted by Crippen LogP contribution is 2.32. The Morgan fingerprint density at radius 2 is 1.92 bits per heavy atom. The number of carbonyl (C=O) groups is 1. The molecule has 3 saturated heterocycles. The zero-order valence-corrected chi connectivity index (χ0v) is 26.8. The van der Waals surface area contributed by atoms with Gasteiger partial charge >= 0.3 is 0 Å². The summed E-state index contributed by atoms with van der Waals surface area (Å²) in [6.07, 6.45) is -3.42. The fraction of sp³-hybridized carbons (Fsp3) is 0.485. The molecule has 3 aliphatic rings. The third-order valence-corrected chi connectivity index (χ3v) is 8.97. The van der Waals surface area contributed by atoms with Gasteiger partial charge in [-0.05, 0) is 43.3 Å². The Labute approximate surface area is 277 Å². The zero-order valence-electron chi connectivity index (χ0n) is 26.8. The molecule has 48 heavy (non-hydrogen) atoms. The van der Waals surface area contributed by atoms with Crippen LogP contribution < -0.4 is 19.7 Å². The number of piperazine rings is 1. The lowest BCUT2D eigenvalue weighted by atomic mass is 10.1. The van der Waals surface area contributed by atoms with Gasteiger partial charge < -0.3 is 34.4 Å². The van der Waals surface area contributed by atoms with E-state index in [4.69, 9.17) is 14.2 Å². The van der Waals surface area contributed by atoms with Crippen LogP contribution in [0.3, 0.4) is 0 Å². The van der Waals surface area contributed by atoms with Crippen molar-refractivity contribution in [2.45, 2.75) is 50.5 Å². The van der Waals surface area contributed by atoms with E-state index in [0.29, 0.717) is 65.1 Å². The number of piperidine rings is 1. The largest absolute Gasteiger partial charge is 0.489 e. The maximum atomic E-state index is 12.7. The predicted molar refractivity (Wildman–Crippen MR) is 171 cm³/mol. The number of anilines is 3. The molecule has 0 bridgehead atoms. The number of pyridine rings is 1. The number of nitriles is 1. The Morgan fingerprint density at radius 3 is 2.58 bits per heavy atom. The van der Waals surface area contributed by atoms with Crippen molar-refractivity contribution >= 4 is 23.4 Å². The summed E-state index contributed by atoms with van der Waals surface area (Å²) >= 11 is 0. The van der Waals surface area contributed by atoms with Crippen LogP contribution in [-0.2, 0) is 9.53 Å². The van der Waals surface area contributed by atoms with Crippen molar-refractivity contribution < 1.29 is 32.9 Å². The van der Waals surface area contributed by atoms with Crippen molar-refractivity contribution in [2.75, 3.05) is 63.3 Å². The predicted octanol–water partition coefficient (Wildman–Crippen LogP) is 3.07. The summed E-state index contributed by atoms with van der Waals surface area (Å²) in [5, 5.41) is 22.4. The molecule has 0 saturated carbocycles. The molecule has 1 amide bonds. The van der Waals surface area contributed by atoms with Crippen LogP contribution in [0.2, 0.25) is 0 Å². The molecule has 3 aromatic rings. The second kappa shape index (κ2) is 14.6. The average Bonchev–Trinajstić information content (AvgIpc) is 3.08. The number of alkyl halides is 2. The number of hydrogen-bond donors (Lipinski definition) is 2. The number of halogens is 2. The number of hydrogen-bond acceptors (Lipinski definition) is 12. The van der Waals surface area contributed by atoms with Gasteiger partial charge in [0.15, 0.2) is 6.10 Å². The molecule has 5 heterocycles. The summed E-state index contributed by atoms with van der Waals surface area (Å²) in [5.41, 5.74) is 2.47. The number of amides is 1. The minimum atomic E-state index is -3.13.